The van der Waals surface area contributed by atoms with Crippen LogP contribution in [0.3, 0.4) is 0 Å². The first-order valence-corrected chi connectivity index (χ1v) is 7.18. The van der Waals surface area contributed by atoms with Crippen LogP contribution in [0.15, 0.2) is 30.3 Å². The smallest absolute Gasteiger partial charge is 0.0472 e. The third-order valence-electron chi connectivity index (χ3n) is 3.73. The maximum Gasteiger partial charge on any atom is 0.0472 e. The SMILES string of the molecule is CCCNCC(c1ccccc1)N(C)C(C)CC. The van der Waals surface area contributed by atoms with Crippen LogP contribution >= 0.6 is 0 Å². The molecule has 1 aromatic carbocycles. The summed E-state index contributed by atoms with van der Waals surface area (Å²) < 4.78 is 0. The zero-order valence-electron chi connectivity index (χ0n) is 12.3. The summed E-state index contributed by atoms with van der Waals surface area (Å²) in [6.45, 7) is 8.89. The Morgan fingerprint density at radius 2 is 1.83 bits per heavy atom. The number of nitrogens with zero attached hydrogens (tertiary/aromatic N) is 1. The molecule has 0 aliphatic heterocycles. The lowest BCUT2D eigenvalue weighted by Gasteiger charge is -2.33. The Morgan fingerprint density at radius 3 is 2.39 bits per heavy atom. The first kappa shape index (κ1) is 15.2. The van der Waals surface area contributed by atoms with E-state index in [-0.39, 0.29) is 0 Å². The van der Waals surface area contributed by atoms with Crippen molar-refractivity contribution in [1.82, 2.24) is 10.2 Å². The van der Waals surface area contributed by atoms with Gasteiger partial charge in [-0.05, 0) is 38.9 Å². The molecule has 0 bridgehead atoms. The van der Waals surface area contributed by atoms with Crippen LogP contribution in [0.5, 0.6) is 0 Å². The van der Waals surface area contributed by atoms with Crippen molar-refractivity contribution in [3.05, 3.63) is 35.9 Å². The zero-order chi connectivity index (χ0) is 13.4. The van der Waals surface area contributed by atoms with Crippen molar-refractivity contribution in [3.8, 4) is 0 Å². The third-order valence-corrected chi connectivity index (χ3v) is 3.73. The first-order chi connectivity index (χ1) is 8.70. The van der Waals surface area contributed by atoms with Crippen LogP contribution in [-0.4, -0.2) is 31.1 Å². The molecule has 2 atom stereocenters. The molecule has 0 fully saturated rings. The van der Waals surface area contributed by atoms with E-state index in [4.69, 9.17) is 0 Å². The molecule has 0 aliphatic carbocycles. The lowest BCUT2D eigenvalue weighted by Crippen LogP contribution is -2.38. The fourth-order valence-corrected chi connectivity index (χ4v) is 2.18. The summed E-state index contributed by atoms with van der Waals surface area (Å²) in [4.78, 5) is 2.48. The van der Waals surface area contributed by atoms with E-state index in [0.717, 1.165) is 13.1 Å². The molecule has 0 aromatic heterocycles. The molecule has 0 radical (unpaired) electrons. The summed E-state index contributed by atoms with van der Waals surface area (Å²) in [6, 6.07) is 11.9. The number of hydrogen-bond donors (Lipinski definition) is 1. The maximum atomic E-state index is 3.55. The van der Waals surface area contributed by atoms with E-state index in [9.17, 15) is 0 Å². The van der Waals surface area contributed by atoms with Crippen molar-refractivity contribution in [3.63, 3.8) is 0 Å². The summed E-state index contributed by atoms with van der Waals surface area (Å²) in [5.41, 5.74) is 1.41. The quantitative estimate of drug-likeness (QED) is 0.709. The van der Waals surface area contributed by atoms with E-state index in [0.29, 0.717) is 12.1 Å². The minimum atomic E-state index is 0.465. The van der Waals surface area contributed by atoms with Crippen molar-refractivity contribution >= 4 is 0 Å². The Labute approximate surface area is 112 Å². The molecule has 0 heterocycles. The van der Waals surface area contributed by atoms with Crippen LogP contribution in [0.4, 0.5) is 0 Å². The standard InChI is InChI=1S/C16H28N2/c1-5-12-17-13-16(18(4)14(3)6-2)15-10-8-7-9-11-15/h7-11,14,16-17H,5-6,12-13H2,1-4H3. The number of benzene rings is 1. The Morgan fingerprint density at radius 1 is 1.17 bits per heavy atom. The monoisotopic (exact) mass is 248 g/mol. The molecular formula is C16H28N2. The van der Waals surface area contributed by atoms with E-state index in [1.165, 1.54) is 18.4 Å². The number of hydrogen-bond acceptors (Lipinski definition) is 2. The van der Waals surface area contributed by atoms with Gasteiger partial charge in [0.2, 0.25) is 0 Å². The van der Waals surface area contributed by atoms with Gasteiger partial charge in [0.1, 0.15) is 0 Å². The molecule has 102 valence electrons. The number of nitrogens with one attached hydrogen (secondary N) is 1. The normalized spacial score (nSPS) is 14.7. The molecule has 0 amide bonds. The summed E-state index contributed by atoms with van der Waals surface area (Å²) in [6.07, 6.45) is 2.38. The van der Waals surface area contributed by atoms with Crippen molar-refractivity contribution in [2.75, 3.05) is 20.1 Å². The average Bonchev–Trinajstić information content (AvgIpc) is 2.43. The highest BCUT2D eigenvalue weighted by Gasteiger charge is 2.19. The van der Waals surface area contributed by atoms with E-state index in [1.807, 2.05) is 0 Å². The molecule has 1 N–H and O–H groups in total. The topological polar surface area (TPSA) is 15.3 Å². The van der Waals surface area contributed by atoms with Gasteiger partial charge in [0, 0.05) is 18.6 Å². The van der Waals surface area contributed by atoms with Crippen LogP contribution < -0.4 is 5.32 Å². The zero-order valence-corrected chi connectivity index (χ0v) is 12.3. The van der Waals surface area contributed by atoms with Gasteiger partial charge in [-0.25, -0.2) is 0 Å². The number of rotatable bonds is 8. The van der Waals surface area contributed by atoms with E-state index in [1.54, 1.807) is 0 Å². The molecule has 1 aromatic rings. The van der Waals surface area contributed by atoms with Gasteiger partial charge in [-0.3, -0.25) is 4.90 Å². The van der Waals surface area contributed by atoms with Crippen molar-refractivity contribution in [2.45, 2.75) is 45.7 Å². The summed E-state index contributed by atoms with van der Waals surface area (Å²) in [5, 5.41) is 3.55. The highest BCUT2D eigenvalue weighted by atomic mass is 15.2. The van der Waals surface area contributed by atoms with Gasteiger partial charge in [-0.15, -0.1) is 0 Å². The minimum absolute atomic E-state index is 0.465. The maximum absolute atomic E-state index is 3.55. The van der Waals surface area contributed by atoms with Crippen LogP contribution in [0.25, 0.3) is 0 Å². The van der Waals surface area contributed by atoms with Gasteiger partial charge in [-0.1, -0.05) is 44.2 Å². The highest BCUT2D eigenvalue weighted by molar-refractivity contribution is 5.19. The molecule has 0 aliphatic rings. The molecule has 2 unspecified atom stereocenters. The van der Waals surface area contributed by atoms with Crippen LogP contribution in [-0.2, 0) is 0 Å². The fourth-order valence-electron chi connectivity index (χ4n) is 2.18. The first-order valence-electron chi connectivity index (χ1n) is 7.18. The Kier molecular flexibility index (Phi) is 6.99. The van der Waals surface area contributed by atoms with E-state index in [2.05, 4.69) is 68.4 Å². The van der Waals surface area contributed by atoms with Crippen molar-refractivity contribution in [1.29, 1.82) is 0 Å². The lowest BCUT2D eigenvalue weighted by molar-refractivity contribution is 0.176. The van der Waals surface area contributed by atoms with Crippen LogP contribution in [0, 0.1) is 0 Å². The Balaban J connectivity index is 2.74. The van der Waals surface area contributed by atoms with Gasteiger partial charge in [0.25, 0.3) is 0 Å². The minimum Gasteiger partial charge on any atom is -0.315 e. The van der Waals surface area contributed by atoms with Crippen molar-refractivity contribution < 1.29 is 0 Å². The second kappa shape index (κ2) is 8.28. The largest absolute Gasteiger partial charge is 0.315 e. The Bertz CT molecular complexity index is 310. The molecule has 2 nitrogen and oxygen atoms in total. The summed E-state index contributed by atoms with van der Waals surface area (Å²) in [7, 11) is 2.24. The van der Waals surface area contributed by atoms with E-state index >= 15 is 0 Å². The molecule has 18 heavy (non-hydrogen) atoms. The van der Waals surface area contributed by atoms with E-state index < -0.39 is 0 Å². The molecule has 0 spiro atoms. The Hall–Kier alpha value is -0.860. The lowest BCUT2D eigenvalue weighted by atomic mass is 10.0. The predicted octanol–water partition coefficient (Wildman–Crippen LogP) is 3.46. The van der Waals surface area contributed by atoms with Gasteiger partial charge in [0.05, 0.1) is 0 Å². The molecule has 1 rings (SSSR count). The predicted molar refractivity (Wildman–Crippen MR) is 79.9 cm³/mol. The summed E-state index contributed by atoms with van der Waals surface area (Å²) >= 11 is 0. The molecule has 0 saturated carbocycles. The van der Waals surface area contributed by atoms with Gasteiger partial charge in [-0.2, -0.15) is 0 Å². The summed E-state index contributed by atoms with van der Waals surface area (Å²) in [5.74, 6) is 0. The average molecular weight is 248 g/mol. The highest BCUT2D eigenvalue weighted by Crippen LogP contribution is 2.21. The second-order valence-electron chi connectivity index (χ2n) is 5.05. The molecule has 0 saturated heterocycles. The van der Waals surface area contributed by atoms with Gasteiger partial charge >= 0.3 is 0 Å². The van der Waals surface area contributed by atoms with Crippen molar-refractivity contribution in [2.24, 2.45) is 0 Å². The second-order valence-corrected chi connectivity index (χ2v) is 5.05. The number of likely N-dealkylation sites (N-methyl/N-ethyl adjacent to an activating group) is 1. The molecular weight excluding hydrogens is 220 g/mol. The third kappa shape index (κ3) is 4.43. The van der Waals surface area contributed by atoms with Crippen LogP contribution in [0.1, 0.15) is 45.2 Å². The van der Waals surface area contributed by atoms with Gasteiger partial charge in [0.15, 0.2) is 0 Å². The molecule has 2 heteroatoms. The fraction of sp³-hybridized carbons (Fsp3) is 0.625. The van der Waals surface area contributed by atoms with Gasteiger partial charge < -0.3 is 5.32 Å². The van der Waals surface area contributed by atoms with Crippen LogP contribution in [0.2, 0.25) is 0 Å².